The molecule has 0 aromatic heterocycles. The van der Waals surface area contributed by atoms with Crippen molar-refractivity contribution in [1.82, 2.24) is 0 Å². The second kappa shape index (κ2) is 9.57. The molecule has 4 rings (SSSR count). The lowest BCUT2D eigenvalue weighted by atomic mass is 10.1. The summed E-state index contributed by atoms with van der Waals surface area (Å²) in [5, 5.41) is 9.96. The molecule has 0 saturated heterocycles. The number of hydrogen-bond donors (Lipinski definition) is 1. The fourth-order valence-corrected chi connectivity index (χ4v) is 3.36. The molecule has 148 valence electrons. The molecule has 0 atom stereocenters. The minimum atomic E-state index is 0.229. The van der Waals surface area contributed by atoms with E-state index in [1.165, 1.54) is 11.1 Å². The number of phenolic OH excluding ortho intramolecular Hbond substituents is 1. The quantitative estimate of drug-likeness (QED) is 0.372. The molecule has 0 bridgehead atoms. The lowest BCUT2D eigenvalue weighted by Gasteiger charge is -2.25. The number of rotatable bonds is 7. The lowest BCUT2D eigenvalue weighted by molar-refractivity contribution is 0.474. The summed E-state index contributed by atoms with van der Waals surface area (Å²) in [7, 11) is 0. The maximum Gasteiger partial charge on any atom is 0.124 e. The zero-order chi connectivity index (χ0) is 20.6. The van der Waals surface area contributed by atoms with Crippen LogP contribution in [0.1, 0.15) is 16.7 Å². The van der Waals surface area contributed by atoms with E-state index in [2.05, 4.69) is 70.6 Å². The molecular weight excluding hydrogens is 368 g/mol. The van der Waals surface area contributed by atoms with Gasteiger partial charge in [0.05, 0.1) is 5.69 Å². The van der Waals surface area contributed by atoms with Crippen molar-refractivity contribution in [3.63, 3.8) is 0 Å². The van der Waals surface area contributed by atoms with Gasteiger partial charge in [0.1, 0.15) is 5.75 Å². The van der Waals surface area contributed by atoms with Crippen LogP contribution in [0.3, 0.4) is 0 Å². The fourth-order valence-electron chi connectivity index (χ4n) is 3.36. The van der Waals surface area contributed by atoms with Crippen LogP contribution in [0.5, 0.6) is 5.75 Å². The third-order valence-corrected chi connectivity index (χ3v) is 4.92. The molecular formula is C27H24N2O. The Labute approximate surface area is 177 Å². The zero-order valence-corrected chi connectivity index (χ0v) is 16.7. The molecule has 0 saturated carbocycles. The topological polar surface area (TPSA) is 35.8 Å². The number of benzene rings is 4. The van der Waals surface area contributed by atoms with Crippen molar-refractivity contribution < 1.29 is 5.11 Å². The van der Waals surface area contributed by atoms with Gasteiger partial charge in [-0.25, -0.2) is 0 Å². The highest BCUT2D eigenvalue weighted by Crippen LogP contribution is 2.25. The standard InChI is InChI=1S/C27H24N2O/c30-27-17-8-7-14-24(27)19-28-25-15-9-16-26(18-25)29(20-22-10-3-1-4-11-22)21-23-12-5-2-6-13-23/h1-19,30H,20-21H2. The van der Waals surface area contributed by atoms with Crippen LogP contribution in [0, 0.1) is 0 Å². The Balaban J connectivity index is 1.61. The van der Waals surface area contributed by atoms with E-state index < -0.39 is 0 Å². The van der Waals surface area contributed by atoms with E-state index in [4.69, 9.17) is 0 Å². The summed E-state index contributed by atoms with van der Waals surface area (Å²) in [6.07, 6.45) is 1.70. The van der Waals surface area contributed by atoms with E-state index in [-0.39, 0.29) is 5.75 Å². The van der Waals surface area contributed by atoms with E-state index in [1.54, 1.807) is 18.3 Å². The second-order valence-electron chi connectivity index (χ2n) is 7.16. The summed E-state index contributed by atoms with van der Waals surface area (Å²) >= 11 is 0. The molecule has 0 aliphatic rings. The van der Waals surface area contributed by atoms with Crippen molar-refractivity contribution >= 4 is 17.6 Å². The average Bonchev–Trinajstić information content (AvgIpc) is 2.80. The van der Waals surface area contributed by atoms with Crippen LogP contribution in [0.4, 0.5) is 11.4 Å². The summed E-state index contributed by atoms with van der Waals surface area (Å²) in [4.78, 5) is 6.93. The van der Waals surface area contributed by atoms with E-state index >= 15 is 0 Å². The van der Waals surface area contributed by atoms with Gasteiger partial charge in [-0.15, -0.1) is 0 Å². The van der Waals surface area contributed by atoms with Crippen LogP contribution in [0.15, 0.2) is 114 Å². The predicted molar refractivity (Wildman–Crippen MR) is 125 cm³/mol. The van der Waals surface area contributed by atoms with Crippen molar-refractivity contribution in [2.75, 3.05) is 4.90 Å². The molecule has 0 fully saturated rings. The molecule has 3 heteroatoms. The van der Waals surface area contributed by atoms with Crippen molar-refractivity contribution in [2.24, 2.45) is 4.99 Å². The Morgan fingerprint density at radius 2 is 1.27 bits per heavy atom. The summed E-state index contributed by atoms with van der Waals surface area (Å²) in [5.41, 5.74) is 5.18. The van der Waals surface area contributed by atoms with Crippen LogP contribution in [0.2, 0.25) is 0 Å². The van der Waals surface area contributed by atoms with E-state index in [9.17, 15) is 5.11 Å². The molecule has 0 aliphatic carbocycles. The van der Waals surface area contributed by atoms with Crippen molar-refractivity contribution in [3.8, 4) is 5.75 Å². The van der Waals surface area contributed by atoms with Crippen LogP contribution < -0.4 is 4.90 Å². The van der Waals surface area contributed by atoms with Gasteiger partial charge >= 0.3 is 0 Å². The number of anilines is 1. The van der Waals surface area contributed by atoms with E-state index in [0.717, 1.165) is 24.5 Å². The van der Waals surface area contributed by atoms with Crippen molar-refractivity contribution in [1.29, 1.82) is 0 Å². The molecule has 4 aromatic rings. The van der Waals surface area contributed by atoms with Gasteiger partial charge in [-0.1, -0.05) is 78.9 Å². The van der Waals surface area contributed by atoms with E-state index in [1.807, 2.05) is 36.4 Å². The van der Waals surface area contributed by atoms with Crippen LogP contribution in [0.25, 0.3) is 0 Å². The van der Waals surface area contributed by atoms with Gasteiger partial charge in [-0.3, -0.25) is 4.99 Å². The highest BCUT2D eigenvalue weighted by molar-refractivity contribution is 5.85. The van der Waals surface area contributed by atoms with Gasteiger partial charge in [0.25, 0.3) is 0 Å². The Morgan fingerprint density at radius 1 is 0.667 bits per heavy atom. The van der Waals surface area contributed by atoms with Gasteiger partial charge in [-0.05, 0) is 41.5 Å². The lowest BCUT2D eigenvalue weighted by Crippen LogP contribution is -2.22. The van der Waals surface area contributed by atoms with Crippen molar-refractivity contribution in [3.05, 3.63) is 126 Å². The molecule has 0 heterocycles. The number of para-hydroxylation sites is 1. The summed E-state index contributed by atoms with van der Waals surface area (Å²) < 4.78 is 0. The van der Waals surface area contributed by atoms with Gasteiger partial charge in [0, 0.05) is 30.6 Å². The largest absolute Gasteiger partial charge is 0.507 e. The number of hydrogen-bond acceptors (Lipinski definition) is 3. The maximum atomic E-state index is 9.96. The Hall–Kier alpha value is -3.85. The molecule has 0 amide bonds. The third kappa shape index (κ3) is 5.15. The highest BCUT2D eigenvalue weighted by Gasteiger charge is 2.09. The van der Waals surface area contributed by atoms with Gasteiger partial charge < -0.3 is 10.0 Å². The van der Waals surface area contributed by atoms with Crippen LogP contribution >= 0.6 is 0 Å². The molecule has 0 radical (unpaired) electrons. The fraction of sp³-hybridized carbons (Fsp3) is 0.0741. The van der Waals surface area contributed by atoms with Gasteiger partial charge in [0.2, 0.25) is 0 Å². The number of aromatic hydroxyl groups is 1. The maximum absolute atomic E-state index is 9.96. The van der Waals surface area contributed by atoms with Gasteiger partial charge in [-0.2, -0.15) is 0 Å². The zero-order valence-electron chi connectivity index (χ0n) is 16.7. The van der Waals surface area contributed by atoms with Crippen molar-refractivity contribution in [2.45, 2.75) is 13.1 Å². The second-order valence-corrected chi connectivity index (χ2v) is 7.16. The SMILES string of the molecule is Oc1ccccc1C=Nc1cccc(N(Cc2ccccc2)Cc2ccccc2)c1. The molecule has 0 aliphatic heterocycles. The predicted octanol–water partition coefficient (Wildman–Crippen LogP) is 6.35. The minimum absolute atomic E-state index is 0.229. The molecule has 1 N–H and O–H groups in total. The average molecular weight is 393 g/mol. The third-order valence-electron chi connectivity index (χ3n) is 4.92. The Bertz CT molecular complexity index is 1070. The highest BCUT2D eigenvalue weighted by atomic mass is 16.3. The first-order chi connectivity index (χ1) is 14.8. The number of nitrogens with zero attached hydrogens (tertiary/aromatic N) is 2. The molecule has 0 spiro atoms. The Kier molecular flexibility index (Phi) is 6.21. The molecule has 4 aromatic carbocycles. The number of phenols is 1. The summed E-state index contributed by atoms with van der Waals surface area (Å²) in [5.74, 6) is 0.229. The molecule has 0 unspecified atom stereocenters. The smallest absolute Gasteiger partial charge is 0.124 e. The summed E-state index contributed by atoms with van der Waals surface area (Å²) in [6.45, 7) is 1.62. The number of aliphatic imine (C=N–C) groups is 1. The first-order valence-corrected chi connectivity index (χ1v) is 10.0. The first kappa shape index (κ1) is 19.5. The minimum Gasteiger partial charge on any atom is -0.507 e. The Morgan fingerprint density at radius 3 is 1.90 bits per heavy atom. The van der Waals surface area contributed by atoms with Gasteiger partial charge in [0.15, 0.2) is 0 Å². The molecule has 3 nitrogen and oxygen atoms in total. The normalized spacial score (nSPS) is 10.9. The van der Waals surface area contributed by atoms with Crippen LogP contribution in [-0.4, -0.2) is 11.3 Å². The molecule has 30 heavy (non-hydrogen) atoms. The first-order valence-electron chi connectivity index (χ1n) is 10.0. The summed E-state index contributed by atoms with van der Waals surface area (Å²) in [6, 6.07) is 36.4. The van der Waals surface area contributed by atoms with Crippen LogP contribution in [-0.2, 0) is 13.1 Å². The monoisotopic (exact) mass is 392 g/mol. The van der Waals surface area contributed by atoms with E-state index in [0.29, 0.717) is 5.56 Å².